The molecule has 1 saturated carbocycles. The van der Waals surface area contributed by atoms with Crippen molar-refractivity contribution >= 4 is 5.78 Å². The highest BCUT2D eigenvalue weighted by atomic mass is 16.5. The van der Waals surface area contributed by atoms with Crippen LogP contribution in [0, 0.1) is 0 Å². The third-order valence-electron chi connectivity index (χ3n) is 4.19. The summed E-state index contributed by atoms with van der Waals surface area (Å²) < 4.78 is 5.27. The van der Waals surface area contributed by atoms with Gasteiger partial charge in [-0.1, -0.05) is 6.07 Å². The van der Waals surface area contributed by atoms with E-state index in [-0.39, 0.29) is 5.41 Å². The number of Topliss-reactive ketones (excluding diaryl/α,β-unsaturated/α-hetero) is 1. The highest BCUT2D eigenvalue weighted by Gasteiger charge is 2.47. The second-order valence-electron chi connectivity index (χ2n) is 4.88. The van der Waals surface area contributed by atoms with E-state index in [0.717, 1.165) is 37.9 Å². The minimum absolute atomic E-state index is 0.149. The van der Waals surface area contributed by atoms with Crippen molar-refractivity contribution in [3.63, 3.8) is 0 Å². The van der Waals surface area contributed by atoms with Gasteiger partial charge in [0, 0.05) is 6.42 Å². The lowest BCUT2D eigenvalue weighted by molar-refractivity contribution is -0.122. The number of hydrogen-bond donors (Lipinski definition) is 0. The van der Waals surface area contributed by atoms with Crippen molar-refractivity contribution < 1.29 is 9.53 Å². The number of hydrogen-bond acceptors (Lipinski definition) is 2. The average Bonchev–Trinajstić information content (AvgIpc) is 2.86. The third kappa shape index (κ3) is 1.16. The van der Waals surface area contributed by atoms with Crippen molar-refractivity contribution in [2.75, 3.05) is 7.11 Å². The highest BCUT2D eigenvalue weighted by molar-refractivity contribution is 5.93. The number of ketones is 1. The van der Waals surface area contributed by atoms with Crippen molar-refractivity contribution in [1.29, 1.82) is 0 Å². The molecule has 0 saturated heterocycles. The van der Waals surface area contributed by atoms with Crippen molar-refractivity contribution in [3.8, 4) is 5.75 Å². The van der Waals surface area contributed by atoms with Crippen molar-refractivity contribution in [2.45, 2.75) is 37.5 Å². The van der Waals surface area contributed by atoms with Crippen LogP contribution >= 0.6 is 0 Å². The summed E-state index contributed by atoms with van der Waals surface area (Å²) in [6.45, 7) is 0. The number of aryl methyl sites for hydroxylation is 1. The van der Waals surface area contributed by atoms with E-state index in [1.165, 1.54) is 11.1 Å². The van der Waals surface area contributed by atoms with Crippen LogP contribution in [0.3, 0.4) is 0 Å². The van der Waals surface area contributed by atoms with Crippen molar-refractivity contribution in [1.82, 2.24) is 0 Å². The van der Waals surface area contributed by atoms with Crippen LogP contribution < -0.4 is 4.74 Å². The van der Waals surface area contributed by atoms with Gasteiger partial charge in [0.25, 0.3) is 0 Å². The molecule has 2 heteroatoms. The van der Waals surface area contributed by atoms with Crippen LogP contribution in [0.4, 0.5) is 0 Å². The van der Waals surface area contributed by atoms with Gasteiger partial charge in [0.1, 0.15) is 11.5 Å². The molecule has 2 nitrogen and oxygen atoms in total. The zero-order valence-electron chi connectivity index (χ0n) is 9.58. The Morgan fingerprint density at radius 3 is 2.81 bits per heavy atom. The Labute approximate surface area is 95.6 Å². The minimum Gasteiger partial charge on any atom is -0.497 e. The van der Waals surface area contributed by atoms with E-state index in [9.17, 15) is 4.79 Å². The minimum atomic E-state index is -0.149. The SMILES string of the molecule is COc1ccc2c(c1)C1(CCCC1=O)CC2. The predicted molar refractivity (Wildman–Crippen MR) is 61.9 cm³/mol. The van der Waals surface area contributed by atoms with Gasteiger partial charge in [0.05, 0.1) is 12.5 Å². The summed E-state index contributed by atoms with van der Waals surface area (Å²) in [5, 5.41) is 0. The van der Waals surface area contributed by atoms with Crippen LogP contribution in [-0.4, -0.2) is 12.9 Å². The Balaban J connectivity index is 2.13. The number of carbonyl (C=O) groups excluding carboxylic acids is 1. The van der Waals surface area contributed by atoms with Crippen LogP contribution in [0.5, 0.6) is 5.75 Å². The molecule has 1 fully saturated rings. The number of fused-ring (bicyclic) bond motifs is 2. The van der Waals surface area contributed by atoms with Gasteiger partial charge in [-0.25, -0.2) is 0 Å². The summed E-state index contributed by atoms with van der Waals surface area (Å²) in [7, 11) is 1.68. The molecular formula is C14H16O2. The molecule has 1 aromatic carbocycles. The molecule has 1 unspecified atom stereocenters. The maximum absolute atomic E-state index is 12.1. The second-order valence-corrected chi connectivity index (χ2v) is 4.88. The van der Waals surface area contributed by atoms with E-state index in [1.807, 2.05) is 6.07 Å². The fourth-order valence-electron chi connectivity index (χ4n) is 3.31. The summed E-state index contributed by atoms with van der Waals surface area (Å²) in [5.41, 5.74) is 2.44. The average molecular weight is 216 g/mol. The number of benzene rings is 1. The first kappa shape index (κ1) is 9.88. The van der Waals surface area contributed by atoms with Gasteiger partial charge < -0.3 is 4.74 Å². The smallest absolute Gasteiger partial charge is 0.143 e. The van der Waals surface area contributed by atoms with E-state index in [4.69, 9.17) is 4.74 Å². The summed E-state index contributed by atoms with van der Waals surface area (Å²) in [4.78, 5) is 12.1. The molecule has 0 bridgehead atoms. The molecule has 2 aliphatic carbocycles. The molecule has 1 atom stereocenters. The van der Waals surface area contributed by atoms with E-state index in [2.05, 4.69) is 12.1 Å². The monoisotopic (exact) mass is 216 g/mol. The topological polar surface area (TPSA) is 26.3 Å². The standard InChI is InChI=1S/C14H16O2/c1-16-11-5-4-10-6-8-14(12(10)9-11)7-2-3-13(14)15/h4-5,9H,2-3,6-8H2,1H3. The van der Waals surface area contributed by atoms with E-state index < -0.39 is 0 Å². The number of methoxy groups -OCH3 is 1. The van der Waals surface area contributed by atoms with Gasteiger partial charge in [0.15, 0.2) is 0 Å². The first-order valence-corrected chi connectivity index (χ1v) is 5.97. The third-order valence-corrected chi connectivity index (χ3v) is 4.19. The molecular weight excluding hydrogens is 200 g/mol. The summed E-state index contributed by atoms with van der Waals surface area (Å²) in [6, 6.07) is 6.19. The van der Waals surface area contributed by atoms with Gasteiger partial charge in [0.2, 0.25) is 0 Å². The second kappa shape index (κ2) is 3.34. The summed E-state index contributed by atoms with van der Waals surface area (Å²) in [6.07, 6.45) is 4.90. The molecule has 1 aromatic rings. The maximum Gasteiger partial charge on any atom is 0.143 e. The molecule has 0 N–H and O–H groups in total. The first-order valence-electron chi connectivity index (χ1n) is 5.97. The largest absolute Gasteiger partial charge is 0.497 e. The first-order chi connectivity index (χ1) is 7.76. The molecule has 0 aliphatic heterocycles. The normalized spacial score (nSPS) is 27.4. The number of rotatable bonds is 1. The van der Waals surface area contributed by atoms with Crippen LogP contribution in [0.15, 0.2) is 18.2 Å². The lowest BCUT2D eigenvalue weighted by atomic mass is 9.79. The Kier molecular flexibility index (Phi) is 2.06. The molecule has 0 amide bonds. The Morgan fingerprint density at radius 1 is 1.25 bits per heavy atom. The number of carbonyl (C=O) groups is 1. The van der Waals surface area contributed by atoms with E-state index in [0.29, 0.717) is 5.78 Å². The van der Waals surface area contributed by atoms with Gasteiger partial charge >= 0.3 is 0 Å². The van der Waals surface area contributed by atoms with Crippen LogP contribution in [-0.2, 0) is 16.6 Å². The molecule has 3 rings (SSSR count). The molecule has 84 valence electrons. The highest BCUT2D eigenvalue weighted by Crippen LogP contribution is 2.48. The lowest BCUT2D eigenvalue weighted by Gasteiger charge is -2.22. The van der Waals surface area contributed by atoms with Gasteiger partial charge in [-0.05, 0) is 48.9 Å². The fourth-order valence-corrected chi connectivity index (χ4v) is 3.31. The summed E-state index contributed by atoms with van der Waals surface area (Å²) >= 11 is 0. The Morgan fingerprint density at radius 2 is 2.12 bits per heavy atom. The van der Waals surface area contributed by atoms with E-state index in [1.54, 1.807) is 7.11 Å². The zero-order valence-corrected chi connectivity index (χ0v) is 9.58. The quantitative estimate of drug-likeness (QED) is 0.721. The zero-order chi connectivity index (χ0) is 11.2. The van der Waals surface area contributed by atoms with Gasteiger partial charge in [-0.3, -0.25) is 4.79 Å². The van der Waals surface area contributed by atoms with Gasteiger partial charge in [-0.15, -0.1) is 0 Å². The van der Waals surface area contributed by atoms with Crippen LogP contribution in [0.25, 0.3) is 0 Å². The summed E-state index contributed by atoms with van der Waals surface area (Å²) in [5.74, 6) is 1.32. The van der Waals surface area contributed by atoms with Crippen molar-refractivity contribution in [2.24, 2.45) is 0 Å². The molecule has 16 heavy (non-hydrogen) atoms. The number of ether oxygens (including phenoxy) is 1. The van der Waals surface area contributed by atoms with Gasteiger partial charge in [-0.2, -0.15) is 0 Å². The van der Waals surface area contributed by atoms with Crippen molar-refractivity contribution in [3.05, 3.63) is 29.3 Å². The fraction of sp³-hybridized carbons (Fsp3) is 0.500. The molecule has 2 aliphatic rings. The molecule has 0 radical (unpaired) electrons. The molecule has 1 spiro atoms. The van der Waals surface area contributed by atoms with Crippen LogP contribution in [0.2, 0.25) is 0 Å². The lowest BCUT2D eigenvalue weighted by Crippen LogP contribution is -2.27. The Hall–Kier alpha value is -1.31. The maximum atomic E-state index is 12.1. The van der Waals surface area contributed by atoms with Crippen LogP contribution in [0.1, 0.15) is 36.8 Å². The van der Waals surface area contributed by atoms with E-state index >= 15 is 0 Å². The Bertz CT molecular complexity index is 450. The molecule has 0 heterocycles. The predicted octanol–water partition coefficient (Wildman–Crippen LogP) is 2.63. The molecule has 0 aromatic heterocycles.